The van der Waals surface area contributed by atoms with Crippen LogP contribution < -0.4 is 10.1 Å². The Morgan fingerprint density at radius 1 is 1.50 bits per heavy atom. The van der Waals surface area contributed by atoms with Crippen LogP contribution in [0.25, 0.3) is 0 Å². The van der Waals surface area contributed by atoms with Gasteiger partial charge >= 0.3 is 0 Å². The Balaban J connectivity index is 1.56. The van der Waals surface area contributed by atoms with Crippen LogP contribution >= 0.6 is 0 Å². The van der Waals surface area contributed by atoms with Gasteiger partial charge in [0.25, 0.3) is 0 Å². The second-order valence-corrected chi connectivity index (χ2v) is 4.85. The van der Waals surface area contributed by atoms with E-state index < -0.39 is 0 Å². The summed E-state index contributed by atoms with van der Waals surface area (Å²) in [6.45, 7) is 0.428. The second-order valence-electron chi connectivity index (χ2n) is 4.85. The van der Waals surface area contributed by atoms with E-state index in [-0.39, 0.29) is 17.7 Å². The van der Waals surface area contributed by atoms with Crippen molar-refractivity contribution in [1.82, 2.24) is 10.3 Å². The lowest BCUT2D eigenvalue weighted by atomic mass is 10.2. The number of furan rings is 1. The molecule has 1 aliphatic carbocycles. The minimum atomic E-state index is 0.0174. The van der Waals surface area contributed by atoms with Gasteiger partial charge in [0.15, 0.2) is 0 Å². The molecular weight excluding hydrogens is 256 g/mol. The van der Waals surface area contributed by atoms with E-state index in [0.717, 1.165) is 17.7 Å². The minimum Gasteiger partial charge on any atom is -0.481 e. The van der Waals surface area contributed by atoms with Crippen molar-refractivity contribution in [2.45, 2.75) is 18.9 Å². The largest absolute Gasteiger partial charge is 0.481 e. The van der Waals surface area contributed by atoms with Crippen molar-refractivity contribution in [2.24, 2.45) is 5.92 Å². The number of carbonyl (C=O) groups excluding carboxylic acids is 1. The Morgan fingerprint density at radius 2 is 2.40 bits per heavy atom. The number of pyridine rings is 1. The van der Waals surface area contributed by atoms with E-state index in [1.807, 2.05) is 24.3 Å². The van der Waals surface area contributed by atoms with E-state index in [1.165, 1.54) is 0 Å². The highest BCUT2D eigenvalue weighted by Crippen LogP contribution is 2.47. The molecule has 20 heavy (non-hydrogen) atoms. The minimum absolute atomic E-state index is 0.0174. The number of ether oxygens (including phenoxy) is 1. The van der Waals surface area contributed by atoms with Crippen molar-refractivity contribution in [3.63, 3.8) is 0 Å². The molecule has 1 saturated carbocycles. The number of carbonyl (C=O) groups is 1. The van der Waals surface area contributed by atoms with E-state index in [1.54, 1.807) is 19.6 Å². The second kappa shape index (κ2) is 5.36. The van der Waals surface area contributed by atoms with Crippen molar-refractivity contribution in [3.8, 4) is 5.88 Å². The first kappa shape index (κ1) is 12.7. The fraction of sp³-hybridized carbons (Fsp3) is 0.333. The van der Waals surface area contributed by atoms with Crippen LogP contribution in [-0.4, -0.2) is 18.0 Å². The third-order valence-electron chi connectivity index (χ3n) is 3.53. The first-order chi connectivity index (χ1) is 9.79. The first-order valence-corrected chi connectivity index (χ1v) is 6.58. The van der Waals surface area contributed by atoms with Crippen LogP contribution in [0.2, 0.25) is 0 Å². The molecule has 3 rings (SSSR count). The molecule has 0 unspecified atom stereocenters. The van der Waals surface area contributed by atoms with Gasteiger partial charge in [-0.1, -0.05) is 6.07 Å². The molecule has 2 atom stereocenters. The highest BCUT2D eigenvalue weighted by atomic mass is 16.5. The lowest BCUT2D eigenvalue weighted by Gasteiger charge is -2.08. The summed E-state index contributed by atoms with van der Waals surface area (Å²) in [5, 5.41) is 2.93. The summed E-state index contributed by atoms with van der Waals surface area (Å²) < 4.78 is 10.5. The summed E-state index contributed by atoms with van der Waals surface area (Å²) in [5.74, 6) is 1.73. The van der Waals surface area contributed by atoms with E-state index >= 15 is 0 Å². The van der Waals surface area contributed by atoms with Gasteiger partial charge in [-0.05, 0) is 24.6 Å². The Bertz CT molecular complexity index is 595. The number of hydrogen-bond acceptors (Lipinski definition) is 4. The van der Waals surface area contributed by atoms with Gasteiger partial charge in [0, 0.05) is 30.1 Å². The number of rotatable bonds is 5. The molecule has 0 aliphatic heterocycles. The average molecular weight is 272 g/mol. The summed E-state index contributed by atoms with van der Waals surface area (Å²) in [6, 6.07) is 7.49. The predicted octanol–water partition coefficient (Wildman–Crippen LogP) is 2.10. The zero-order valence-electron chi connectivity index (χ0n) is 11.2. The van der Waals surface area contributed by atoms with Crippen LogP contribution in [0, 0.1) is 5.92 Å². The van der Waals surface area contributed by atoms with Gasteiger partial charge in [0.1, 0.15) is 5.76 Å². The van der Waals surface area contributed by atoms with E-state index in [2.05, 4.69) is 10.3 Å². The number of aromatic nitrogens is 1. The standard InChI is InChI=1S/C15H16N2O3/c1-19-15-10(4-2-6-16-15)9-17-14(18)12-8-11(12)13-5-3-7-20-13/h2-7,11-12H,8-9H2,1H3,(H,17,18)/t11-,12+/m0/s1. The quantitative estimate of drug-likeness (QED) is 0.905. The number of hydrogen-bond donors (Lipinski definition) is 1. The van der Waals surface area contributed by atoms with Crippen molar-refractivity contribution in [3.05, 3.63) is 48.0 Å². The predicted molar refractivity (Wildman–Crippen MR) is 72.2 cm³/mol. The molecule has 0 bridgehead atoms. The Kier molecular flexibility index (Phi) is 3.41. The van der Waals surface area contributed by atoms with Crippen LogP contribution in [-0.2, 0) is 11.3 Å². The maximum absolute atomic E-state index is 12.1. The molecule has 1 N–H and O–H groups in total. The molecule has 0 spiro atoms. The Hall–Kier alpha value is -2.30. The molecule has 2 aromatic rings. The summed E-state index contributed by atoms with van der Waals surface area (Å²) in [6.07, 6.45) is 4.16. The number of nitrogens with one attached hydrogen (secondary N) is 1. The molecule has 1 aliphatic rings. The Morgan fingerprint density at radius 3 is 3.15 bits per heavy atom. The Labute approximate surface area is 117 Å². The van der Waals surface area contributed by atoms with E-state index in [9.17, 15) is 4.79 Å². The molecule has 1 amide bonds. The normalized spacial score (nSPS) is 20.4. The fourth-order valence-electron chi connectivity index (χ4n) is 2.36. The zero-order valence-corrected chi connectivity index (χ0v) is 11.2. The maximum Gasteiger partial charge on any atom is 0.224 e. The highest BCUT2D eigenvalue weighted by molar-refractivity contribution is 5.82. The zero-order chi connectivity index (χ0) is 13.9. The number of amides is 1. The van der Waals surface area contributed by atoms with Gasteiger partial charge in [0.05, 0.1) is 13.4 Å². The molecule has 5 heteroatoms. The van der Waals surface area contributed by atoms with E-state index in [0.29, 0.717) is 12.4 Å². The number of nitrogens with zero attached hydrogens (tertiary/aromatic N) is 1. The van der Waals surface area contributed by atoms with Gasteiger partial charge in [-0.15, -0.1) is 0 Å². The monoisotopic (exact) mass is 272 g/mol. The smallest absolute Gasteiger partial charge is 0.224 e. The van der Waals surface area contributed by atoms with Gasteiger partial charge in [-0.25, -0.2) is 4.98 Å². The fourth-order valence-corrected chi connectivity index (χ4v) is 2.36. The van der Waals surface area contributed by atoms with Crippen molar-refractivity contribution >= 4 is 5.91 Å². The molecule has 5 nitrogen and oxygen atoms in total. The first-order valence-electron chi connectivity index (χ1n) is 6.58. The summed E-state index contributed by atoms with van der Waals surface area (Å²) >= 11 is 0. The van der Waals surface area contributed by atoms with Crippen LogP contribution in [0.1, 0.15) is 23.7 Å². The number of methoxy groups -OCH3 is 1. The topological polar surface area (TPSA) is 64.4 Å². The van der Waals surface area contributed by atoms with Crippen molar-refractivity contribution < 1.29 is 13.9 Å². The van der Waals surface area contributed by atoms with Crippen LogP contribution in [0.3, 0.4) is 0 Å². The molecule has 0 saturated heterocycles. The average Bonchev–Trinajstić information content (AvgIpc) is 3.11. The summed E-state index contributed by atoms with van der Waals surface area (Å²) in [7, 11) is 1.57. The van der Waals surface area contributed by atoms with Gasteiger partial charge < -0.3 is 14.5 Å². The molecule has 2 aromatic heterocycles. The van der Waals surface area contributed by atoms with E-state index in [4.69, 9.17) is 9.15 Å². The SMILES string of the molecule is COc1ncccc1CNC(=O)[C@@H]1C[C@@H]1c1ccco1. The van der Waals surface area contributed by atoms with Crippen LogP contribution in [0.15, 0.2) is 41.1 Å². The molecule has 2 heterocycles. The summed E-state index contributed by atoms with van der Waals surface area (Å²) in [4.78, 5) is 16.2. The molecular formula is C15H16N2O3. The van der Waals surface area contributed by atoms with Gasteiger partial charge in [0.2, 0.25) is 11.8 Å². The lowest BCUT2D eigenvalue weighted by molar-refractivity contribution is -0.122. The van der Waals surface area contributed by atoms with Crippen LogP contribution in [0.5, 0.6) is 5.88 Å². The molecule has 0 aromatic carbocycles. The lowest BCUT2D eigenvalue weighted by Crippen LogP contribution is -2.25. The molecule has 1 fully saturated rings. The molecule has 104 valence electrons. The van der Waals surface area contributed by atoms with Gasteiger partial charge in [-0.3, -0.25) is 4.79 Å². The van der Waals surface area contributed by atoms with Crippen molar-refractivity contribution in [2.75, 3.05) is 7.11 Å². The van der Waals surface area contributed by atoms with Crippen LogP contribution in [0.4, 0.5) is 0 Å². The third kappa shape index (κ3) is 2.52. The maximum atomic E-state index is 12.1. The third-order valence-corrected chi connectivity index (χ3v) is 3.53. The molecule has 0 radical (unpaired) electrons. The van der Waals surface area contributed by atoms with Gasteiger partial charge in [-0.2, -0.15) is 0 Å². The summed E-state index contributed by atoms with van der Waals surface area (Å²) in [5.41, 5.74) is 0.874. The highest BCUT2D eigenvalue weighted by Gasteiger charge is 2.45. The van der Waals surface area contributed by atoms with Crippen molar-refractivity contribution in [1.29, 1.82) is 0 Å².